The Labute approximate surface area is 95.3 Å². The standard InChI is InChI=1S/C14H14N2/c1-2-6-14-13(5-1)12(7-9-16-14)11-4-3-8-15-10-11/h1-6,8,10,12,16H,7,9H2/t12-/m1/s1. The third kappa shape index (κ3) is 1.56. The van der Waals surface area contributed by atoms with E-state index in [1.807, 2.05) is 18.5 Å². The maximum atomic E-state index is 4.21. The van der Waals surface area contributed by atoms with Gasteiger partial charge in [0.2, 0.25) is 0 Å². The number of nitrogens with zero attached hydrogens (tertiary/aromatic N) is 1. The van der Waals surface area contributed by atoms with Crippen molar-refractivity contribution in [3.05, 3.63) is 59.9 Å². The fourth-order valence-corrected chi connectivity index (χ4v) is 2.40. The molecule has 1 aromatic carbocycles. The van der Waals surface area contributed by atoms with Crippen molar-refractivity contribution in [2.75, 3.05) is 11.9 Å². The van der Waals surface area contributed by atoms with Crippen molar-refractivity contribution >= 4 is 5.69 Å². The zero-order valence-corrected chi connectivity index (χ0v) is 9.06. The van der Waals surface area contributed by atoms with Gasteiger partial charge in [0.05, 0.1) is 0 Å². The van der Waals surface area contributed by atoms with Gasteiger partial charge in [-0.25, -0.2) is 0 Å². The van der Waals surface area contributed by atoms with E-state index in [0.717, 1.165) is 13.0 Å². The monoisotopic (exact) mass is 210 g/mol. The first kappa shape index (κ1) is 9.40. The number of hydrogen-bond acceptors (Lipinski definition) is 2. The maximum Gasteiger partial charge on any atom is 0.0379 e. The van der Waals surface area contributed by atoms with Crippen molar-refractivity contribution in [2.45, 2.75) is 12.3 Å². The van der Waals surface area contributed by atoms with Crippen LogP contribution in [0, 0.1) is 0 Å². The van der Waals surface area contributed by atoms with Crippen molar-refractivity contribution in [1.29, 1.82) is 0 Å². The molecule has 1 aromatic heterocycles. The maximum absolute atomic E-state index is 4.21. The molecule has 0 saturated carbocycles. The highest BCUT2D eigenvalue weighted by Crippen LogP contribution is 2.35. The van der Waals surface area contributed by atoms with E-state index >= 15 is 0 Å². The van der Waals surface area contributed by atoms with E-state index in [2.05, 4.69) is 40.6 Å². The summed E-state index contributed by atoms with van der Waals surface area (Å²) in [6, 6.07) is 12.7. The molecule has 2 heterocycles. The molecule has 0 unspecified atom stereocenters. The highest BCUT2D eigenvalue weighted by molar-refractivity contribution is 5.57. The molecule has 0 bridgehead atoms. The normalized spacial score (nSPS) is 18.6. The van der Waals surface area contributed by atoms with Crippen LogP contribution in [0.25, 0.3) is 0 Å². The van der Waals surface area contributed by atoms with Gasteiger partial charge < -0.3 is 5.32 Å². The summed E-state index contributed by atoms with van der Waals surface area (Å²) >= 11 is 0. The van der Waals surface area contributed by atoms with Crippen LogP contribution in [0.2, 0.25) is 0 Å². The van der Waals surface area contributed by atoms with E-state index in [4.69, 9.17) is 0 Å². The molecule has 0 aliphatic carbocycles. The average molecular weight is 210 g/mol. The lowest BCUT2D eigenvalue weighted by Crippen LogP contribution is -2.17. The van der Waals surface area contributed by atoms with E-state index in [-0.39, 0.29) is 0 Å². The van der Waals surface area contributed by atoms with Gasteiger partial charge in [0.25, 0.3) is 0 Å². The summed E-state index contributed by atoms with van der Waals surface area (Å²) in [5.41, 5.74) is 3.97. The molecule has 0 fully saturated rings. The Balaban J connectivity index is 2.05. The van der Waals surface area contributed by atoms with Crippen LogP contribution >= 0.6 is 0 Å². The van der Waals surface area contributed by atoms with Gasteiger partial charge in [-0.15, -0.1) is 0 Å². The third-order valence-corrected chi connectivity index (χ3v) is 3.17. The first-order chi connectivity index (χ1) is 7.95. The molecule has 3 rings (SSSR count). The Morgan fingerprint density at radius 1 is 1.12 bits per heavy atom. The highest BCUT2D eigenvalue weighted by atomic mass is 14.9. The minimum absolute atomic E-state index is 0.492. The van der Waals surface area contributed by atoms with Crippen LogP contribution in [0.5, 0.6) is 0 Å². The van der Waals surface area contributed by atoms with Crippen LogP contribution in [-0.2, 0) is 0 Å². The number of nitrogens with one attached hydrogen (secondary N) is 1. The molecule has 1 N–H and O–H groups in total. The molecule has 0 radical (unpaired) electrons. The lowest BCUT2D eigenvalue weighted by molar-refractivity contribution is 0.717. The van der Waals surface area contributed by atoms with Crippen molar-refractivity contribution < 1.29 is 0 Å². The Hall–Kier alpha value is -1.83. The number of hydrogen-bond donors (Lipinski definition) is 1. The molecule has 0 amide bonds. The van der Waals surface area contributed by atoms with Crippen molar-refractivity contribution in [3.63, 3.8) is 0 Å². The number of para-hydroxylation sites is 1. The van der Waals surface area contributed by atoms with Gasteiger partial charge in [0, 0.05) is 30.5 Å². The molecular weight excluding hydrogens is 196 g/mol. The smallest absolute Gasteiger partial charge is 0.0379 e. The van der Waals surface area contributed by atoms with Gasteiger partial charge in [-0.2, -0.15) is 0 Å². The van der Waals surface area contributed by atoms with Crippen LogP contribution < -0.4 is 5.32 Å². The lowest BCUT2D eigenvalue weighted by Gasteiger charge is -2.26. The fraction of sp³-hybridized carbons (Fsp3) is 0.214. The number of fused-ring (bicyclic) bond motifs is 1. The Bertz CT molecular complexity index is 479. The predicted octanol–water partition coefficient (Wildman–Crippen LogP) is 3.03. The molecule has 1 aliphatic heterocycles. The summed E-state index contributed by atoms with van der Waals surface area (Å²) in [5, 5.41) is 3.44. The molecular formula is C14H14N2. The van der Waals surface area contributed by atoms with E-state index in [0.29, 0.717) is 5.92 Å². The SMILES string of the molecule is c1cncc([C@H]2CCNc3ccccc32)c1. The first-order valence-electron chi connectivity index (χ1n) is 5.68. The molecule has 2 aromatic rings. The van der Waals surface area contributed by atoms with Gasteiger partial charge in [-0.1, -0.05) is 24.3 Å². The van der Waals surface area contributed by atoms with Gasteiger partial charge in [-0.3, -0.25) is 4.98 Å². The van der Waals surface area contributed by atoms with Gasteiger partial charge in [-0.05, 0) is 29.7 Å². The predicted molar refractivity (Wildman–Crippen MR) is 65.6 cm³/mol. The number of aromatic nitrogens is 1. The number of anilines is 1. The van der Waals surface area contributed by atoms with E-state index in [9.17, 15) is 0 Å². The Morgan fingerprint density at radius 3 is 2.94 bits per heavy atom. The zero-order chi connectivity index (χ0) is 10.8. The molecule has 0 spiro atoms. The van der Waals surface area contributed by atoms with E-state index in [1.54, 1.807) is 0 Å². The average Bonchev–Trinajstić information content (AvgIpc) is 2.39. The summed E-state index contributed by atoms with van der Waals surface area (Å²) in [6.07, 6.45) is 4.95. The third-order valence-electron chi connectivity index (χ3n) is 3.17. The first-order valence-corrected chi connectivity index (χ1v) is 5.68. The van der Waals surface area contributed by atoms with E-state index in [1.165, 1.54) is 16.8 Å². The fourth-order valence-electron chi connectivity index (χ4n) is 2.40. The van der Waals surface area contributed by atoms with Crippen LogP contribution in [0.4, 0.5) is 5.69 Å². The second kappa shape index (κ2) is 3.97. The largest absolute Gasteiger partial charge is 0.385 e. The summed E-state index contributed by atoms with van der Waals surface area (Å²) in [4.78, 5) is 4.21. The number of pyridine rings is 1. The highest BCUT2D eigenvalue weighted by Gasteiger charge is 2.20. The van der Waals surface area contributed by atoms with Crippen LogP contribution in [-0.4, -0.2) is 11.5 Å². The van der Waals surface area contributed by atoms with Crippen LogP contribution in [0.1, 0.15) is 23.5 Å². The molecule has 1 atom stereocenters. The van der Waals surface area contributed by atoms with Crippen LogP contribution in [0.3, 0.4) is 0 Å². The summed E-state index contributed by atoms with van der Waals surface area (Å²) < 4.78 is 0. The van der Waals surface area contributed by atoms with Crippen molar-refractivity contribution in [3.8, 4) is 0 Å². The van der Waals surface area contributed by atoms with Gasteiger partial charge in [0.15, 0.2) is 0 Å². The second-order valence-corrected chi connectivity index (χ2v) is 4.14. The summed E-state index contributed by atoms with van der Waals surface area (Å²) in [5.74, 6) is 0.492. The molecule has 16 heavy (non-hydrogen) atoms. The minimum Gasteiger partial charge on any atom is -0.385 e. The van der Waals surface area contributed by atoms with E-state index < -0.39 is 0 Å². The van der Waals surface area contributed by atoms with Gasteiger partial charge >= 0.3 is 0 Å². The quantitative estimate of drug-likeness (QED) is 0.782. The summed E-state index contributed by atoms with van der Waals surface area (Å²) in [6.45, 7) is 1.04. The molecule has 2 nitrogen and oxygen atoms in total. The second-order valence-electron chi connectivity index (χ2n) is 4.14. The molecule has 0 saturated heterocycles. The van der Waals surface area contributed by atoms with Gasteiger partial charge in [0.1, 0.15) is 0 Å². The Morgan fingerprint density at radius 2 is 2.06 bits per heavy atom. The van der Waals surface area contributed by atoms with Crippen LogP contribution in [0.15, 0.2) is 48.8 Å². The minimum atomic E-state index is 0.492. The zero-order valence-electron chi connectivity index (χ0n) is 9.06. The van der Waals surface area contributed by atoms with Crippen molar-refractivity contribution in [2.24, 2.45) is 0 Å². The topological polar surface area (TPSA) is 24.9 Å². The van der Waals surface area contributed by atoms with Crippen molar-refractivity contribution in [1.82, 2.24) is 4.98 Å². The Kier molecular flexibility index (Phi) is 2.33. The molecule has 1 aliphatic rings. The molecule has 2 heteroatoms. The number of benzene rings is 1. The molecule has 80 valence electrons. The number of rotatable bonds is 1. The lowest BCUT2D eigenvalue weighted by atomic mass is 9.86. The summed E-state index contributed by atoms with van der Waals surface area (Å²) in [7, 11) is 0.